The minimum Gasteiger partial charge on any atom is -0.388 e. The molecule has 17 heavy (non-hydrogen) atoms. The summed E-state index contributed by atoms with van der Waals surface area (Å²) in [6.07, 6.45) is 0.990. The second kappa shape index (κ2) is 5.10. The zero-order valence-electron chi connectivity index (χ0n) is 10.2. The molecule has 0 unspecified atom stereocenters. The zero-order valence-corrected chi connectivity index (χ0v) is 10.2. The number of hydrogen-bond acceptors (Lipinski definition) is 3. The van der Waals surface area contributed by atoms with Gasteiger partial charge in [0.2, 0.25) is 0 Å². The third-order valence-electron chi connectivity index (χ3n) is 2.80. The van der Waals surface area contributed by atoms with Gasteiger partial charge in [0, 0.05) is 12.1 Å². The van der Waals surface area contributed by atoms with E-state index in [1.807, 2.05) is 22.8 Å². The number of hydrogen-bond donors (Lipinski definition) is 1. The van der Waals surface area contributed by atoms with Gasteiger partial charge in [-0.1, -0.05) is 31.2 Å². The van der Waals surface area contributed by atoms with Crippen molar-refractivity contribution in [2.24, 2.45) is 0 Å². The second-order valence-corrected chi connectivity index (χ2v) is 4.06. The summed E-state index contributed by atoms with van der Waals surface area (Å²) in [5.41, 5.74) is 2.25. The maximum atomic E-state index is 9.25. The Morgan fingerprint density at radius 1 is 1.24 bits per heavy atom. The summed E-state index contributed by atoms with van der Waals surface area (Å²) in [4.78, 5) is 0. The fourth-order valence-corrected chi connectivity index (χ4v) is 1.93. The molecule has 0 aliphatic heterocycles. The molecule has 0 bridgehead atoms. The van der Waals surface area contributed by atoms with Crippen molar-refractivity contribution >= 4 is 0 Å². The topological polar surface area (TPSA) is 50.9 Å². The van der Waals surface area contributed by atoms with E-state index in [4.69, 9.17) is 0 Å². The fraction of sp³-hybridized carbons (Fsp3) is 0.385. The number of aliphatic hydroxyl groups is 1. The molecule has 4 nitrogen and oxygen atoms in total. The van der Waals surface area contributed by atoms with E-state index in [1.54, 1.807) is 0 Å². The van der Waals surface area contributed by atoms with E-state index in [9.17, 15) is 5.11 Å². The number of benzene rings is 1. The van der Waals surface area contributed by atoms with Crippen LogP contribution in [0.2, 0.25) is 0 Å². The maximum absolute atomic E-state index is 9.25. The predicted molar refractivity (Wildman–Crippen MR) is 66.4 cm³/mol. The zero-order chi connectivity index (χ0) is 12.3. The highest BCUT2D eigenvalue weighted by Crippen LogP contribution is 2.22. The molecular formula is C13H17N3O. The van der Waals surface area contributed by atoms with Gasteiger partial charge in [-0.25, -0.2) is 0 Å². The molecule has 0 atom stereocenters. The van der Waals surface area contributed by atoms with Gasteiger partial charge in [0.1, 0.15) is 6.61 Å². The Bertz CT molecular complexity index is 505. The van der Waals surface area contributed by atoms with E-state index < -0.39 is 0 Å². The molecule has 4 heteroatoms. The Morgan fingerprint density at radius 3 is 2.65 bits per heavy atom. The van der Waals surface area contributed by atoms with Crippen LogP contribution < -0.4 is 0 Å². The number of aryl methyl sites for hydroxylation is 1. The summed E-state index contributed by atoms with van der Waals surface area (Å²) in [5, 5.41) is 17.5. The Balaban J connectivity index is 2.52. The highest BCUT2D eigenvalue weighted by molar-refractivity contribution is 5.60. The SMILES string of the molecule is CCCn1c(CO)nnc1-c1ccccc1C. The quantitative estimate of drug-likeness (QED) is 0.877. The minimum atomic E-state index is -0.0706. The molecule has 1 heterocycles. The van der Waals surface area contributed by atoms with E-state index >= 15 is 0 Å². The summed E-state index contributed by atoms with van der Waals surface area (Å²) >= 11 is 0. The molecular weight excluding hydrogens is 214 g/mol. The molecule has 0 aliphatic carbocycles. The van der Waals surface area contributed by atoms with E-state index in [-0.39, 0.29) is 6.61 Å². The van der Waals surface area contributed by atoms with Crippen LogP contribution in [0.15, 0.2) is 24.3 Å². The Labute approximate surface area is 101 Å². The third-order valence-corrected chi connectivity index (χ3v) is 2.80. The number of aromatic nitrogens is 3. The standard InChI is InChI=1S/C13H17N3O/c1-3-8-16-12(9-17)14-15-13(16)11-7-5-4-6-10(11)2/h4-7,17H,3,8-9H2,1-2H3. The van der Waals surface area contributed by atoms with Crippen LogP contribution in [0.25, 0.3) is 11.4 Å². The summed E-state index contributed by atoms with van der Waals surface area (Å²) in [6, 6.07) is 8.09. The van der Waals surface area contributed by atoms with Crippen molar-refractivity contribution in [3.63, 3.8) is 0 Å². The summed E-state index contributed by atoms with van der Waals surface area (Å²) in [6.45, 7) is 4.91. The molecule has 0 amide bonds. The van der Waals surface area contributed by atoms with Gasteiger partial charge in [0.05, 0.1) is 0 Å². The van der Waals surface area contributed by atoms with Gasteiger partial charge in [0.15, 0.2) is 11.6 Å². The monoisotopic (exact) mass is 231 g/mol. The molecule has 0 spiro atoms. The molecule has 1 N–H and O–H groups in total. The number of rotatable bonds is 4. The molecule has 90 valence electrons. The summed E-state index contributed by atoms with van der Waals surface area (Å²) in [7, 11) is 0. The van der Waals surface area contributed by atoms with E-state index in [0.29, 0.717) is 5.82 Å². The molecule has 0 fully saturated rings. The lowest BCUT2D eigenvalue weighted by Gasteiger charge is -2.09. The average molecular weight is 231 g/mol. The second-order valence-electron chi connectivity index (χ2n) is 4.06. The van der Waals surface area contributed by atoms with Crippen molar-refractivity contribution in [3.05, 3.63) is 35.7 Å². The van der Waals surface area contributed by atoms with Crippen molar-refractivity contribution in [1.82, 2.24) is 14.8 Å². The molecule has 0 radical (unpaired) electrons. The van der Waals surface area contributed by atoms with Crippen LogP contribution in [0.4, 0.5) is 0 Å². The van der Waals surface area contributed by atoms with Crippen LogP contribution in [-0.4, -0.2) is 19.9 Å². The Hall–Kier alpha value is -1.68. The number of aliphatic hydroxyl groups excluding tert-OH is 1. The minimum absolute atomic E-state index is 0.0706. The van der Waals surface area contributed by atoms with Crippen LogP contribution in [0.5, 0.6) is 0 Å². The molecule has 0 aliphatic rings. The lowest BCUT2D eigenvalue weighted by atomic mass is 10.1. The lowest BCUT2D eigenvalue weighted by molar-refractivity contribution is 0.264. The van der Waals surface area contributed by atoms with Gasteiger partial charge in [0.25, 0.3) is 0 Å². The van der Waals surface area contributed by atoms with Crippen LogP contribution in [0.3, 0.4) is 0 Å². The summed E-state index contributed by atoms with van der Waals surface area (Å²) < 4.78 is 1.99. The normalized spacial score (nSPS) is 10.8. The first-order chi connectivity index (χ1) is 8.27. The van der Waals surface area contributed by atoms with E-state index in [1.165, 1.54) is 5.56 Å². The van der Waals surface area contributed by atoms with Gasteiger partial charge >= 0.3 is 0 Å². The smallest absolute Gasteiger partial charge is 0.164 e. The van der Waals surface area contributed by atoms with Gasteiger partial charge in [-0.3, -0.25) is 0 Å². The summed E-state index contributed by atoms with van der Waals surface area (Å²) in [5.74, 6) is 1.47. The van der Waals surface area contributed by atoms with Gasteiger partial charge in [-0.05, 0) is 18.9 Å². The van der Waals surface area contributed by atoms with Gasteiger partial charge in [-0.2, -0.15) is 0 Å². The van der Waals surface area contributed by atoms with Crippen LogP contribution in [-0.2, 0) is 13.2 Å². The number of nitrogens with zero attached hydrogens (tertiary/aromatic N) is 3. The van der Waals surface area contributed by atoms with E-state index in [2.05, 4.69) is 30.1 Å². The molecule has 2 aromatic rings. The molecule has 0 saturated carbocycles. The first-order valence-corrected chi connectivity index (χ1v) is 5.86. The van der Waals surface area contributed by atoms with Crippen molar-refractivity contribution in [3.8, 4) is 11.4 Å². The van der Waals surface area contributed by atoms with Gasteiger partial charge in [-0.15, -0.1) is 10.2 Å². The maximum Gasteiger partial charge on any atom is 0.164 e. The van der Waals surface area contributed by atoms with Crippen molar-refractivity contribution < 1.29 is 5.11 Å². The van der Waals surface area contributed by atoms with Crippen LogP contribution >= 0.6 is 0 Å². The first-order valence-electron chi connectivity index (χ1n) is 5.86. The Kier molecular flexibility index (Phi) is 3.54. The molecule has 1 aromatic carbocycles. The Morgan fingerprint density at radius 2 is 2.00 bits per heavy atom. The predicted octanol–water partition coefficient (Wildman–Crippen LogP) is 2.16. The van der Waals surface area contributed by atoms with Crippen LogP contribution in [0.1, 0.15) is 24.7 Å². The van der Waals surface area contributed by atoms with Crippen molar-refractivity contribution in [2.45, 2.75) is 33.4 Å². The largest absolute Gasteiger partial charge is 0.388 e. The van der Waals surface area contributed by atoms with E-state index in [0.717, 1.165) is 24.4 Å². The average Bonchev–Trinajstić information content (AvgIpc) is 2.73. The van der Waals surface area contributed by atoms with Crippen molar-refractivity contribution in [2.75, 3.05) is 0 Å². The van der Waals surface area contributed by atoms with Gasteiger partial charge < -0.3 is 9.67 Å². The highest BCUT2D eigenvalue weighted by atomic mass is 16.3. The molecule has 2 rings (SSSR count). The van der Waals surface area contributed by atoms with Crippen molar-refractivity contribution in [1.29, 1.82) is 0 Å². The molecule has 0 saturated heterocycles. The fourth-order valence-electron chi connectivity index (χ4n) is 1.93. The first kappa shape index (κ1) is 11.8. The third kappa shape index (κ3) is 2.22. The van der Waals surface area contributed by atoms with Crippen LogP contribution in [0, 0.1) is 6.92 Å². The lowest BCUT2D eigenvalue weighted by Crippen LogP contribution is -2.05. The molecule has 1 aromatic heterocycles. The highest BCUT2D eigenvalue weighted by Gasteiger charge is 2.13.